The van der Waals surface area contributed by atoms with Crippen molar-refractivity contribution in [2.75, 3.05) is 18.0 Å². The molecule has 3 aromatic rings. The molecule has 2 aliphatic rings. The summed E-state index contributed by atoms with van der Waals surface area (Å²) in [5.74, 6) is 2.47. The van der Waals surface area contributed by atoms with E-state index in [1.54, 1.807) is 0 Å². The minimum atomic E-state index is 0.271. The number of piperidine rings is 1. The summed E-state index contributed by atoms with van der Waals surface area (Å²) in [6.07, 6.45) is 4.52. The average molecular weight is 310 g/mol. The number of hydrogen-bond acceptors (Lipinski definition) is 6. The van der Waals surface area contributed by atoms with Crippen LogP contribution in [0, 0.1) is 0 Å². The molecule has 2 aromatic heterocycles. The second kappa shape index (κ2) is 5.08. The number of fused-ring (bicyclic) bond motifs is 1. The number of oxazole rings is 1. The van der Waals surface area contributed by atoms with Crippen LogP contribution < -0.4 is 4.90 Å². The number of para-hydroxylation sites is 2. The van der Waals surface area contributed by atoms with Crippen LogP contribution in [0.2, 0.25) is 0 Å². The average Bonchev–Trinajstić information content (AvgIpc) is 3.17. The lowest BCUT2D eigenvalue weighted by molar-refractivity contribution is 0.369. The Hall–Kier alpha value is -2.37. The van der Waals surface area contributed by atoms with Crippen LogP contribution in [-0.4, -0.2) is 28.2 Å². The van der Waals surface area contributed by atoms with Crippen molar-refractivity contribution < 1.29 is 8.94 Å². The fourth-order valence-corrected chi connectivity index (χ4v) is 3.28. The van der Waals surface area contributed by atoms with Crippen LogP contribution in [0.15, 0.2) is 33.2 Å². The van der Waals surface area contributed by atoms with Crippen LogP contribution in [0.3, 0.4) is 0 Å². The lowest BCUT2D eigenvalue weighted by atomic mass is 9.98. The number of benzene rings is 1. The highest BCUT2D eigenvalue weighted by atomic mass is 16.5. The van der Waals surface area contributed by atoms with Gasteiger partial charge in [0.1, 0.15) is 5.52 Å². The Morgan fingerprint density at radius 1 is 1.04 bits per heavy atom. The van der Waals surface area contributed by atoms with E-state index in [1.807, 2.05) is 24.3 Å². The number of aromatic nitrogens is 3. The molecule has 6 heteroatoms. The molecule has 5 rings (SSSR count). The molecular formula is C17H18N4O2. The van der Waals surface area contributed by atoms with Gasteiger partial charge in [-0.25, -0.2) is 4.98 Å². The minimum absolute atomic E-state index is 0.271. The zero-order chi connectivity index (χ0) is 15.2. The molecule has 0 amide bonds. The summed E-state index contributed by atoms with van der Waals surface area (Å²) in [4.78, 5) is 11.4. The number of nitrogens with zero attached hydrogens (tertiary/aromatic N) is 4. The summed E-state index contributed by atoms with van der Waals surface area (Å²) in [6, 6.07) is 8.56. The zero-order valence-corrected chi connectivity index (χ0v) is 12.8. The molecule has 1 aliphatic carbocycles. The van der Waals surface area contributed by atoms with Crippen molar-refractivity contribution in [1.82, 2.24) is 15.1 Å². The van der Waals surface area contributed by atoms with Crippen molar-refractivity contribution in [2.45, 2.75) is 37.5 Å². The van der Waals surface area contributed by atoms with Gasteiger partial charge in [0.05, 0.1) is 5.92 Å². The van der Waals surface area contributed by atoms with Gasteiger partial charge in [0.2, 0.25) is 0 Å². The van der Waals surface area contributed by atoms with E-state index in [-0.39, 0.29) is 5.92 Å². The molecule has 0 radical (unpaired) electrons. The van der Waals surface area contributed by atoms with E-state index in [0.29, 0.717) is 11.9 Å². The van der Waals surface area contributed by atoms with Crippen LogP contribution in [-0.2, 0) is 0 Å². The van der Waals surface area contributed by atoms with Crippen molar-refractivity contribution in [3.05, 3.63) is 36.0 Å². The van der Waals surface area contributed by atoms with Crippen LogP contribution >= 0.6 is 0 Å². The molecule has 118 valence electrons. The quantitative estimate of drug-likeness (QED) is 0.738. The van der Waals surface area contributed by atoms with E-state index in [2.05, 4.69) is 20.0 Å². The van der Waals surface area contributed by atoms with Gasteiger partial charge >= 0.3 is 6.01 Å². The molecule has 1 saturated heterocycles. The van der Waals surface area contributed by atoms with Crippen LogP contribution in [0.4, 0.5) is 6.01 Å². The second-order valence-corrected chi connectivity index (χ2v) is 6.51. The van der Waals surface area contributed by atoms with Gasteiger partial charge in [-0.05, 0) is 37.8 Å². The van der Waals surface area contributed by atoms with Crippen LogP contribution in [0.5, 0.6) is 0 Å². The molecule has 6 nitrogen and oxygen atoms in total. The van der Waals surface area contributed by atoms with Gasteiger partial charge in [-0.3, -0.25) is 0 Å². The van der Waals surface area contributed by atoms with Gasteiger partial charge < -0.3 is 13.8 Å². The Morgan fingerprint density at radius 3 is 2.83 bits per heavy atom. The largest absolute Gasteiger partial charge is 0.440 e. The van der Waals surface area contributed by atoms with Gasteiger partial charge in [0.25, 0.3) is 0 Å². The fourth-order valence-electron chi connectivity index (χ4n) is 3.28. The maximum absolute atomic E-state index is 5.94. The van der Waals surface area contributed by atoms with Gasteiger partial charge in [-0.2, -0.15) is 4.98 Å². The van der Waals surface area contributed by atoms with Crippen molar-refractivity contribution >= 4 is 17.1 Å². The Balaban J connectivity index is 1.38. The molecule has 0 N–H and O–H groups in total. The highest BCUT2D eigenvalue weighted by molar-refractivity contribution is 5.72. The molecule has 2 fully saturated rings. The third-order valence-corrected chi connectivity index (χ3v) is 4.73. The van der Waals surface area contributed by atoms with Crippen molar-refractivity contribution in [3.63, 3.8) is 0 Å². The van der Waals surface area contributed by atoms with Crippen molar-refractivity contribution in [1.29, 1.82) is 0 Å². The predicted molar refractivity (Wildman–Crippen MR) is 84.5 cm³/mol. The molecular weight excluding hydrogens is 292 g/mol. The molecule has 0 spiro atoms. The lowest BCUT2D eigenvalue weighted by Crippen LogP contribution is -2.34. The van der Waals surface area contributed by atoms with Gasteiger partial charge in [-0.1, -0.05) is 17.3 Å². The molecule has 1 aromatic carbocycles. The summed E-state index contributed by atoms with van der Waals surface area (Å²) in [5.41, 5.74) is 1.78. The monoisotopic (exact) mass is 310 g/mol. The highest BCUT2D eigenvalue weighted by Crippen LogP contribution is 2.39. The summed E-state index contributed by atoms with van der Waals surface area (Å²) in [5, 5.41) is 4.12. The summed E-state index contributed by atoms with van der Waals surface area (Å²) in [7, 11) is 0. The third kappa shape index (κ3) is 2.38. The van der Waals surface area contributed by atoms with Gasteiger partial charge in [0, 0.05) is 19.0 Å². The first-order chi connectivity index (χ1) is 11.4. The van der Waals surface area contributed by atoms with Crippen molar-refractivity contribution in [3.8, 4) is 0 Å². The maximum atomic E-state index is 5.94. The van der Waals surface area contributed by atoms with E-state index in [1.165, 1.54) is 12.8 Å². The molecule has 1 aliphatic heterocycles. The van der Waals surface area contributed by atoms with Crippen LogP contribution in [0.1, 0.15) is 49.2 Å². The predicted octanol–water partition coefficient (Wildman–Crippen LogP) is 3.47. The fraction of sp³-hybridized carbons (Fsp3) is 0.471. The Kier molecular flexibility index (Phi) is 2.89. The smallest absolute Gasteiger partial charge is 0.324 e. The first-order valence-electron chi connectivity index (χ1n) is 8.31. The highest BCUT2D eigenvalue weighted by Gasteiger charge is 2.32. The standard InChI is InChI=1S/C17H18N4O2/c1-2-6-14-13(5-1)18-16(22-14)12-4-3-9-21(10-12)17-19-15(20-23-17)11-7-8-11/h1-2,5-6,11-12H,3-4,7-10H2/t12-/m1/s1. The minimum Gasteiger partial charge on any atom is -0.440 e. The van der Waals surface area contributed by atoms with Crippen molar-refractivity contribution in [2.24, 2.45) is 0 Å². The third-order valence-electron chi connectivity index (χ3n) is 4.73. The first-order valence-corrected chi connectivity index (χ1v) is 8.31. The first kappa shape index (κ1) is 13.1. The Labute approximate surface area is 133 Å². The molecule has 3 heterocycles. The molecule has 1 saturated carbocycles. The number of hydrogen-bond donors (Lipinski definition) is 0. The van der Waals surface area contributed by atoms with E-state index in [4.69, 9.17) is 8.94 Å². The number of anilines is 1. The molecule has 0 unspecified atom stereocenters. The summed E-state index contributed by atoms with van der Waals surface area (Å²) in [6.45, 7) is 1.77. The zero-order valence-electron chi connectivity index (χ0n) is 12.8. The second-order valence-electron chi connectivity index (χ2n) is 6.51. The maximum Gasteiger partial charge on any atom is 0.324 e. The van der Waals surface area contributed by atoms with E-state index < -0.39 is 0 Å². The van der Waals surface area contributed by atoms with E-state index in [0.717, 1.165) is 48.7 Å². The van der Waals surface area contributed by atoms with E-state index >= 15 is 0 Å². The number of rotatable bonds is 3. The molecule has 0 bridgehead atoms. The van der Waals surface area contributed by atoms with Gasteiger partial charge in [-0.15, -0.1) is 0 Å². The lowest BCUT2D eigenvalue weighted by Gasteiger charge is -2.29. The van der Waals surface area contributed by atoms with Gasteiger partial charge in [0.15, 0.2) is 17.3 Å². The van der Waals surface area contributed by atoms with Crippen LogP contribution in [0.25, 0.3) is 11.1 Å². The summed E-state index contributed by atoms with van der Waals surface area (Å²) < 4.78 is 11.4. The van der Waals surface area contributed by atoms with E-state index in [9.17, 15) is 0 Å². The normalized spacial score (nSPS) is 21.9. The Bertz CT molecular complexity index is 803. The SMILES string of the molecule is c1ccc2oc([C@@H]3CCCN(c4nc(C5CC5)no4)C3)nc2c1. The Morgan fingerprint density at radius 2 is 1.96 bits per heavy atom. The summed E-state index contributed by atoms with van der Waals surface area (Å²) >= 11 is 0. The topological polar surface area (TPSA) is 68.2 Å². The molecule has 23 heavy (non-hydrogen) atoms. The molecule has 1 atom stereocenters.